The standard InChI is InChI=1S/C9H10ClFO/c1-3-12-8-5-4-7(11)9(10)6(8)2/h4-5H,3H2,1-2H3. The SMILES string of the molecule is CCOc1ccc(F)c(Cl)c1C. The molecule has 0 aliphatic heterocycles. The van der Waals surface area contributed by atoms with Gasteiger partial charge in [0.2, 0.25) is 0 Å². The summed E-state index contributed by atoms with van der Waals surface area (Å²) in [5.74, 6) is 0.238. The zero-order valence-electron chi connectivity index (χ0n) is 7.03. The molecule has 0 aliphatic carbocycles. The predicted molar refractivity (Wildman–Crippen MR) is 47.3 cm³/mol. The Hall–Kier alpha value is -0.760. The van der Waals surface area contributed by atoms with Crippen LogP contribution in [0.1, 0.15) is 12.5 Å². The van der Waals surface area contributed by atoms with Gasteiger partial charge in [-0.1, -0.05) is 11.6 Å². The van der Waals surface area contributed by atoms with E-state index in [1.165, 1.54) is 6.07 Å². The fourth-order valence-electron chi connectivity index (χ4n) is 0.946. The summed E-state index contributed by atoms with van der Waals surface area (Å²) in [5, 5.41) is 0.140. The molecule has 0 amide bonds. The predicted octanol–water partition coefficient (Wildman–Crippen LogP) is 3.19. The van der Waals surface area contributed by atoms with Gasteiger partial charge in [-0.2, -0.15) is 0 Å². The van der Waals surface area contributed by atoms with Gasteiger partial charge in [-0.3, -0.25) is 0 Å². The van der Waals surface area contributed by atoms with Crippen LogP contribution < -0.4 is 4.74 Å². The Labute approximate surface area is 76.1 Å². The lowest BCUT2D eigenvalue weighted by Gasteiger charge is -2.07. The van der Waals surface area contributed by atoms with E-state index in [0.29, 0.717) is 17.9 Å². The van der Waals surface area contributed by atoms with Gasteiger partial charge in [-0.15, -0.1) is 0 Å². The van der Waals surface area contributed by atoms with Crippen molar-refractivity contribution in [2.24, 2.45) is 0 Å². The average Bonchev–Trinajstić information content (AvgIpc) is 2.07. The number of ether oxygens (including phenoxy) is 1. The van der Waals surface area contributed by atoms with E-state index >= 15 is 0 Å². The van der Waals surface area contributed by atoms with Gasteiger partial charge >= 0.3 is 0 Å². The van der Waals surface area contributed by atoms with Crippen LogP contribution in [-0.2, 0) is 0 Å². The van der Waals surface area contributed by atoms with Gasteiger partial charge in [-0.25, -0.2) is 4.39 Å². The Morgan fingerprint density at radius 1 is 1.50 bits per heavy atom. The van der Waals surface area contributed by atoms with E-state index < -0.39 is 5.82 Å². The van der Waals surface area contributed by atoms with Gasteiger partial charge in [0.15, 0.2) is 0 Å². The van der Waals surface area contributed by atoms with Crippen LogP contribution in [0.4, 0.5) is 4.39 Å². The molecule has 1 nitrogen and oxygen atoms in total. The van der Waals surface area contributed by atoms with E-state index in [-0.39, 0.29) is 5.02 Å². The molecule has 0 saturated carbocycles. The van der Waals surface area contributed by atoms with Crippen LogP contribution in [0.5, 0.6) is 5.75 Å². The highest BCUT2D eigenvalue weighted by molar-refractivity contribution is 6.31. The van der Waals surface area contributed by atoms with E-state index in [0.717, 1.165) is 0 Å². The van der Waals surface area contributed by atoms with Crippen molar-refractivity contribution in [1.29, 1.82) is 0 Å². The molecule has 1 aromatic rings. The largest absolute Gasteiger partial charge is 0.494 e. The minimum atomic E-state index is -0.405. The Morgan fingerprint density at radius 3 is 2.75 bits per heavy atom. The lowest BCUT2D eigenvalue weighted by atomic mass is 10.2. The molecular formula is C9H10ClFO. The van der Waals surface area contributed by atoms with Crippen molar-refractivity contribution in [3.63, 3.8) is 0 Å². The first kappa shape index (κ1) is 9.33. The van der Waals surface area contributed by atoms with Gasteiger partial charge in [0, 0.05) is 5.56 Å². The summed E-state index contributed by atoms with van der Waals surface area (Å²) < 4.78 is 18.0. The van der Waals surface area contributed by atoms with Crippen LogP contribution in [-0.4, -0.2) is 6.61 Å². The highest BCUT2D eigenvalue weighted by atomic mass is 35.5. The van der Waals surface area contributed by atoms with Crippen molar-refractivity contribution < 1.29 is 9.13 Å². The van der Waals surface area contributed by atoms with Crippen LogP contribution in [0.3, 0.4) is 0 Å². The zero-order chi connectivity index (χ0) is 9.14. The summed E-state index contributed by atoms with van der Waals surface area (Å²) in [4.78, 5) is 0. The maximum atomic E-state index is 12.8. The third-order valence-electron chi connectivity index (χ3n) is 1.59. The zero-order valence-corrected chi connectivity index (χ0v) is 7.78. The molecular weight excluding hydrogens is 179 g/mol. The Bertz CT molecular complexity index is 286. The summed E-state index contributed by atoms with van der Waals surface area (Å²) in [7, 11) is 0. The van der Waals surface area contributed by atoms with Crippen molar-refractivity contribution in [3.8, 4) is 5.75 Å². The summed E-state index contributed by atoms with van der Waals surface area (Å²) in [6, 6.07) is 2.89. The van der Waals surface area contributed by atoms with Crippen molar-refractivity contribution in [2.75, 3.05) is 6.61 Å². The third-order valence-corrected chi connectivity index (χ3v) is 2.05. The van der Waals surface area contributed by atoms with Crippen molar-refractivity contribution >= 4 is 11.6 Å². The molecule has 1 rings (SSSR count). The first-order chi connectivity index (χ1) is 5.66. The van der Waals surface area contributed by atoms with E-state index in [1.807, 2.05) is 6.92 Å². The maximum Gasteiger partial charge on any atom is 0.142 e. The summed E-state index contributed by atoms with van der Waals surface area (Å²) in [5.41, 5.74) is 0.651. The molecule has 12 heavy (non-hydrogen) atoms. The van der Waals surface area contributed by atoms with Crippen LogP contribution in [0.15, 0.2) is 12.1 Å². The molecule has 0 aromatic heterocycles. The summed E-state index contributed by atoms with van der Waals surface area (Å²) in [6.45, 7) is 4.16. The van der Waals surface area contributed by atoms with Crippen molar-refractivity contribution in [3.05, 3.63) is 28.5 Å². The second-order valence-electron chi connectivity index (χ2n) is 2.42. The van der Waals surface area contributed by atoms with Crippen LogP contribution in [0.2, 0.25) is 5.02 Å². The minimum Gasteiger partial charge on any atom is -0.494 e. The first-order valence-corrected chi connectivity index (χ1v) is 4.12. The number of hydrogen-bond acceptors (Lipinski definition) is 1. The Morgan fingerprint density at radius 2 is 2.17 bits per heavy atom. The van der Waals surface area contributed by atoms with Crippen molar-refractivity contribution in [2.45, 2.75) is 13.8 Å². The van der Waals surface area contributed by atoms with Crippen LogP contribution >= 0.6 is 11.6 Å². The molecule has 0 fully saturated rings. The molecule has 0 bridgehead atoms. The number of halogens is 2. The Kier molecular flexibility index (Phi) is 2.93. The molecule has 0 unspecified atom stereocenters. The van der Waals surface area contributed by atoms with E-state index in [4.69, 9.17) is 16.3 Å². The molecule has 0 atom stereocenters. The molecule has 3 heteroatoms. The van der Waals surface area contributed by atoms with Crippen LogP contribution in [0.25, 0.3) is 0 Å². The maximum absolute atomic E-state index is 12.8. The molecule has 0 spiro atoms. The van der Waals surface area contributed by atoms with Gasteiger partial charge in [-0.05, 0) is 26.0 Å². The lowest BCUT2D eigenvalue weighted by molar-refractivity contribution is 0.337. The topological polar surface area (TPSA) is 9.23 Å². The fourth-order valence-corrected chi connectivity index (χ4v) is 1.10. The van der Waals surface area contributed by atoms with E-state index in [1.54, 1.807) is 13.0 Å². The van der Waals surface area contributed by atoms with Crippen molar-refractivity contribution in [1.82, 2.24) is 0 Å². The molecule has 0 heterocycles. The van der Waals surface area contributed by atoms with Gasteiger partial charge in [0.25, 0.3) is 0 Å². The highest BCUT2D eigenvalue weighted by Gasteiger charge is 2.07. The molecule has 66 valence electrons. The smallest absolute Gasteiger partial charge is 0.142 e. The van der Waals surface area contributed by atoms with E-state index in [2.05, 4.69) is 0 Å². The summed E-state index contributed by atoms with van der Waals surface area (Å²) in [6.07, 6.45) is 0. The Balaban J connectivity index is 3.08. The molecule has 0 aliphatic rings. The van der Waals surface area contributed by atoms with Crippen LogP contribution in [0, 0.1) is 12.7 Å². The molecule has 1 aromatic carbocycles. The normalized spacial score (nSPS) is 10.0. The van der Waals surface area contributed by atoms with Gasteiger partial charge in [0.05, 0.1) is 11.6 Å². The average molecular weight is 189 g/mol. The second-order valence-corrected chi connectivity index (χ2v) is 2.80. The fraction of sp³-hybridized carbons (Fsp3) is 0.333. The minimum absolute atomic E-state index is 0.140. The number of benzene rings is 1. The molecule has 0 saturated heterocycles. The molecule has 0 N–H and O–H groups in total. The number of hydrogen-bond donors (Lipinski definition) is 0. The number of rotatable bonds is 2. The van der Waals surface area contributed by atoms with Gasteiger partial charge in [0.1, 0.15) is 11.6 Å². The quantitative estimate of drug-likeness (QED) is 0.693. The first-order valence-electron chi connectivity index (χ1n) is 3.74. The lowest BCUT2D eigenvalue weighted by Crippen LogP contribution is -1.95. The second kappa shape index (κ2) is 3.76. The summed E-state index contributed by atoms with van der Waals surface area (Å²) >= 11 is 5.66. The van der Waals surface area contributed by atoms with E-state index in [9.17, 15) is 4.39 Å². The monoisotopic (exact) mass is 188 g/mol. The van der Waals surface area contributed by atoms with Gasteiger partial charge < -0.3 is 4.74 Å². The third kappa shape index (κ3) is 1.69. The highest BCUT2D eigenvalue weighted by Crippen LogP contribution is 2.27. The molecule has 0 radical (unpaired) electrons.